The fourth-order valence-electron chi connectivity index (χ4n) is 7.51. The molecule has 0 N–H and O–H groups in total. The van der Waals surface area contributed by atoms with Gasteiger partial charge >= 0.3 is 0 Å². The molecule has 262 valence electrons. The smallest absolute Gasteiger partial charge is 0.0553 e. The number of para-hydroxylation sites is 2. The molecule has 8 rings (SSSR count). The van der Waals surface area contributed by atoms with Crippen molar-refractivity contribution >= 4 is 49.4 Å². The second kappa shape index (κ2) is 13.6. The molecule has 0 atom stereocenters. The predicted molar refractivity (Wildman–Crippen MR) is 232 cm³/mol. The molecular weight excluding hydrogens is 651 g/mol. The Balaban J connectivity index is 1.39. The molecule has 0 bridgehead atoms. The lowest BCUT2D eigenvalue weighted by Crippen LogP contribution is -2.11. The molecule has 0 unspecified atom stereocenters. The minimum absolute atomic E-state index is 0.0868. The van der Waals surface area contributed by atoms with Gasteiger partial charge in [0.05, 0.1) is 5.69 Å². The van der Waals surface area contributed by atoms with Crippen LogP contribution in [0, 0.1) is 30.6 Å². The highest BCUT2D eigenvalue weighted by Crippen LogP contribution is 2.46. The average molecular weight is 696 g/mol. The normalized spacial score (nSPS) is 11.7. The topological polar surface area (TPSA) is 3.24 Å². The van der Waals surface area contributed by atoms with Crippen LogP contribution in [0.5, 0.6) is 0 Å². The van der Waals surface area contributed by atoms with E-state index < -0.39 is 0 Å². The molecule has 0 spiro atoms. The van der Waals surface area contributed by atoms with E-state index in [9.17, 15) is 0 Å². The molecule has 0 amide bonds. The van der Waals surface area contributed by atoms with E-state index in [0.29, 0.717) is 0 Å². The summed E-state index contributed by atoms with van der Waals surface area (Å²) >= 11 is 0. The van der Waals surface area contributed by atoms with Gasteiger partial charge in [0.2, 0.25) is 0 Å². The molecule has 0 fully saturated rings. The number of hydrogen-bond acceptors (Lipinski definition) is 1. The van der Waals surface area contributed by atoms with E-state index in [2.05, 4.69) is 223 Å². The highest BCUT2D eigenvalue weighted by Gasteiger charge is 2.22. The molecule has 0 aliphatic carbocycles. The summed E-state index contributed by atoms with van der Waals surface area (Å²) in [5, 5.41) is 7.17. The monoisotopic (exact) mass is 695 g/mol. The molecule has 1 nitrogen and oxygen atoms in total. The summed E-state index contributed by atoms with van der Waals surface area (Å²) in [6.07, 6.45) is 0. The Hall–Kier alpha value is -6.28. The third-order valence-corrected chi connectivity index (χ3v) is 10.5. The molecule has 0 heterocycles. The second-order valence-corrected chi connectivity index (χ2v) is 16.4. The molecule has 1 heteroatoms. The maximum Gasteiger partial charge on any atom is 0.0553 e. The van der Waals surface area contributed by atoms with Gasteiger partial charge < -0.3 is 4.90 Å². The highest BCUT2D eigenvalue weighted by atomic mass is 15.1. The van der Waals surface area contributed by atoms with Crippen LogP contribution in [0.3, 0.4) is 0 Å². The summed E-state index contributed by atoms with van der Waals surface area (Å²) < 4.78 is 0. The van der Waals surface area contributed by atoms with Gasteiger partial charge in [-0.1, -0.05) is 150 Å². The van der Waals surface area contributed by atoms with Crippen molar-refractivity contribution in [1.29, 1.82) is 0 Å². The molecule has 0 radical (unpaired) electrons. The third kappa shape index (κ3) is 6.60. The van der Waals surface area contributed by atoms with E-state index in [4.69, 9.17) is 0 Å². The molecule has 0 saturated heterocycles. The van der Waals surface area contributed by atoms with Gasteiger partial charge in [0.25, 0.3) is 0 Å². The van der Waals surface area contributed by atoms with Gasteiger partial charge in [-0.25, -0.2) is 0 Å². The molecule has 0 aliphatic rings. The quantitative estimate of drug-likeness (QED) is 0.131. The minimum Gasteiger partial charge on any atom is -0.310 e. The van der Waals surface area contributed by atoms with Crippen molar-refractivity contribution in [3.8, 4) is 23.7 Å². The van der Waals surface area contributed by atoms with Gasteiger partial charge in [-0.15, -0.1) is 0 Å². The summed E-state index contributed by atoms with van der Waals surface area (Å²) in [5.41, 5.74) is 11.3. The van der Waals surface area contributed by atoms with Crippen molar-refractivity contribution in [2.75, 3.05) is 4.90 Å². The van der Waals surface area contributed by atoms with Crippen molar-refractivity contribution in [2.24, 2.45) is 0 Å². The van der Waals surface area contributed by atoms with E-state index in [1.165, 1.54) is 38.2 Å². The fraction of sp³-hybridized carbons (Fsp3) is 0.170. The number of nitrogens with zero attached hydrogens (tertiary/aromatic N) is 1. The van der Waals surface area contributed by atoms with Gasteiger partial charge in [0.1, 0.15) is 0 Å². The Morgan fingerprint density at radius 2 is 0.815 bits per heavy atom. The zero-order valence-corrected chi connectivity index (χ0v) is 32.3. The van der Waals surface area contributed by atoms with E-state index in [1.807, 2.05) is 0 Å². The van der Waals surface area contributed by atoms with E-state index in [0.717, 1.165) is 50.1 Å². The van der Waals surface area contributed by atoms with Crippen LogP contribution in [0.15, 0.2) is 146 Å². The molecule has 0 aromatic heterocycles. The predicted octanol–water partition coefficient (Wildman–Crippen LogP) is 13.8. The number of hydrogen-bond donors (Lipinski definition) is 0. The van der Waals surface area contributed by atoms with Gasteiger partial charge in [-0.05, 0) is 117 Å². The summed E-state index contributed by atoms with van der Waals surface area (Å²) in [5.74, 6) is 14.3. The van der Waals surface area contributed by atoms with Gasteiger partial charge in [0, 0.05) is 44.4 Å². The summed E-state index contributed by atoms with van der Waals surface area (Å²) in [4.78, 5) is 2.37. The SMILES string of the molecule is Cc1cc(C#Cc2ccc(C(C)(C)C)cc2)c2ccc3c(N(c4ccccc4)c4ccccc4)cc(C#Cc4ccc(C(C)(C)C)cc4)c4ccc1c2c43. The first kappa shape index (κ1) is 34.8. The Morgan fingerprint density at radius 1 is 0.407 bits per heavy atom. The van der Waals surface area contributed by atoms with E-state index in [1.54, 1.807) is 0 Å². The Kier molecular flexibility index (Phi) is 8.77. The van der Waals surface area contributed by atoms with Crippen LogP contribution < -0.4 is 4.90 Å². The van der Waals surface area contributed by atoms with E-state index >= 15 is 0 Å². The Labute approximate surface area is 320 Å². The van der Waals surface area contributed by atoms with Crippen LogP contribution >= 0.6 is 0 Å². The first-order chi connectivity index (χ1) is 26.0. The lowest BCUT2D eigenvalue weighted by atomic mass is 9.86. The average Bonchev–Trinajstić information content (AvgIpc) is 3.17. The molecule has 0 saturated carbocycles. The molecule has 8 aromatic carbocycles. The third-order valence-electron chi connectivity index (χ3n) is 10.5. The van der Waals surface area contributed by atoms with Crippen molar-refractivity contribution in [1.82, 2.24) is 0 Å². The zero-order valence-electron chi connectivity index (χ0n) is 32.3. The van der Waals surface area contributed by atoms with Crippen molar-refractivity contribution in [2.45, 2.75) is 59.3 Å². The molecule has 54 heavy (non-hydrogen) atoms. The second-order valence-electron chi connectivity index (χ2n) is 16.4. The lowest BCUT2D eigenvalue weighted by Gasteiger charge is -2.28. The maximum absolute atomic E-state index is 3.66. The molecular formula is C53H45N. The summed E-state index contributed by atoms with van der Waals surface area (Å²) in [6.45, 7) is 15.7. The van der Waals surface area contributed by atoms with Gasteiger partial charge in [0.15, 0.2) is 0 Å². The fourth-order valence-corrected chi connectivity index (χ4v) is 7.51. The molecule has 0 aliphatic heterocycles. The van der Waals surface area contributed by atoms with Crippen molar-refractivity contribution in [3.63, 3.8) is 0 Å². The first-order valence-corrected chi connectivity index (χ1v) is 18.9. The van der Waals surface area contributed by atoms with Crippen LogP contribution in [0.25, 0.3) is 32.3 Å². The van der Waals surface area contributed by atoms with Gasteiger partial charge in [-0.2, -0.15) is 0 Å². The largest absolute Gasteiger partial charge is 0.310 e. The number of anilines is 3. The summed E-state index contributed by atoms with van der Waals surface area (Å²) in [6, 6.07) is 52.3. The number of benzene rings is 8. The number of aryl methyl sites for hydroxylation is 1. The van der Waals surface area contributed by atoms with Crippen LogP contribution in [-0.2, 0) is 10.8 Å². The maximum atomic E-state index is 3.66. The van der Waals surface area contributed by atoms with Gasteiger partial charge in [-0.3, -0.25) is 0 Å². The van der Waals surface area contributed by atoms with Crippen LogP contribution in [0.4, 0.5) is 17.1 Å². The Bertz CT molecular complexity index is 2710. The number of rotatable bonds is 3. The van der Waals surface area contributed by atoms with Crippen LogP contribution in [-0.4, -0.2) is 0 Å². The zero-order chi connectivity index (χ0) is 37.6. The van der Waals surface area contributed by atoms with Crippen molar-refractivity contribution < 1.29 is 0 Å². The molecule has 8 aromatic rings. The first-order valence-electron chi connectivity index (χ1n) is 18.9. The van der Waals surface area contributed by atoms with Crippen molar-refractivity contribution in [3.05, 3.63) is 185 Å². The van der Waals surface area contributed by atoms with Crippen LogP contribution in [0.1, 0.15) is 80.5 Å². The lowest BCUT2D eigenvalue weighted by molar-refractivity contribution is 0.590. The standard InChI is InChI=1S/C53H45N/c1-36-34-39(24-18-37-20-26-41(27-21-37)52(2,3)4)46-32-33-48-49(54(43-14-10-8-11-15-43)44-16-12-9-13-17-44)35-40(47-31-30-45(36)50(46)51(47)48)25-19-38-22-28-42(29-23-38)53(5,6)7/h8-17,20-23,26-35H,1-7H3. The van der Waals surface area contributed by atoms with Crippen LogP contribution in [0.2, 0.25) is 0 Å². The Morgan fingerprint density at radius 3 is 1.28 bits per heavy atom. The summed E-state index contributed by atoms with van der Waals surface area (Å²) in [7, 11) is 0. The van der Waals surface area contributed by atoms with E-state index in [-0.39, 0.29) is 10.8 Å². The highest BCUT2D eigenvalue weighted by molar-refractivity contribution is 6.28. The minimum atomic E-state index is 0.0868.